The van der Waals surface area contributed by atoms with Crippen LogP contribution in [0.15, 0.2) is 72.8 Å². The number of H-pyrrole nitrogens is 2. The van der Waals surface area contributed by atoms with Gasteiger partial charge in [0.15, 0.2) is 0 Å². The summed E-state index contributed by atoms with van der Waals surface area (Å²) >= 11 is 0. The number of hydrogen-bond donors (Lipinski definition) is 4. The zero-order valence-electron chi connectivity index (χ0n) is 34.9. The van der Waals surface area contributed by atoms with Crippen molar-refractivity contribution in [3.63, 3.8) is 0 Å². The summed E-state index contributed by atoms with van der Waals surface area (Å²) in [5.41, 5.74) is 7.76. The molecule has 4 atom stereocenters. The molecule has 0 unspecified atom stereocenters. The van der Waals surface area contributed by atoms with Crippen LogP contribution < -0.4 is 10.6 Å². The van der Waals surface area contributed by atoms with E-state index in [1.165, 1.54) is 14.2 Å². The van der Waals surface area contributed by atoms with Gasteiger partial charge in [0.25, 0.3) is 0 Å². The molecule has 0 radical (unpaired) electrons. The Hall–Kier alpha value is -6.44. The smallest absolute Gasteiger partial charge is 0.407 e. The number of amides is 4. The van der Waals surface area contributed by atoms with Crippen LogP contribution in [0.3, 0.4) is 0 Å². The van der Waals surface area contributed by atoms with Gasteiger partial charge in [-0.15, -0.1) is 0 Å². The van der Waals surface area contributed by atoms with Crippen LogP contribution in [0.4, 0.5) is 9.59 Å². The zero-order valence-corrected chi connectivity index (χ0v) is 34.9. The molecule has 2 saturated heterocycles. The Morgan fingerprint density at radius 2 is 1.13 bits per heavy atom. The molecule has 4 amide bonds. The molecule has 0 bridgehead atoms. The van der Waals surface area contributed by atoms with Crippen LogP contribution in [0.2, 0.25) is 0 Å². The van der Waals surface area contributed by atoms with Crippen molar-refractivity contribution >= 4 is 56.8 Å². The van der Waals surface area contributed by atoms with E-state index in [-0.39, 0.29) is 35.7 Å². The van der Waals surface area contributed by atoms with Gasteiger partial charge >= 0.3 is 12.2 Å². The Morgan fingerprint density at radius 3 is 1.68 bits per heavy atom. The fraction of sp³-hybridized carbons (Fsp3) is 0.391. The molecule has 2 fully saturated rings. The van der Waals surface area contributed by atoms with Gasteiger partial charge in [0.2, 0.25) is 11.8 Å². The molecule has 2 aliphatic heterocycles. The molecule has 0 saturated carbocycles. The van der Waals surface area contributed by atoms with E-state index in [0.717, 1.165) is 92.4 Å². The molecule has 8 rings (SSSR count). The second kappa shape index (κ2) is 16.7. The van der Waals surface area contributed by atoms with Gasteiger partial charge < -0.3 is 39.9 Å². The first-order valence-corrected chi connectivity index (χ1v) is 20.8. The van der Waals surface area contributed by atoms with Crippen molar-refractivity contribution in [2.45, 2.75) is 77.5 Å². The van der Waals surface area contributed by atoms with Gasteiger partial charge in [0, 0.05) is 18.5 Å². The van der Waals surface area contributed by atoms with Crippen molar-refractivity contribution < 1.29 is 28.7 Å². The minimum atomic E-state index is -0.694. The number of aromatic amines is 2. The molecule has 2 aromatic heterocycles. The van der Waals surface area contributed by atoms with Crippen molar-refractivity contribution in [3.8, 4) is 22.3 Å². The van der Waals surface area contributed by atoms with Crippen molar-refractivity contribution in [1.82, 2.24) is 40.4 Å². The molecule has 4 heterocycles. The van der Waals surface area contributed by atoms with Gasteiger partial charge in [-0.05, 0) is 89.4 Å². The average molecular weight is 813 g/mol. The number of carbonyl (C=O) groups is 4. The Kier molecular flexibility index (Phi) is 11.2. The molecule has 6 aromatic rings. The van der Waals surface area contributed by atoms with Gasteiger partial charge in [-0.3, -0.25) is 9.59 Å². The second-order valence-electron chi connectivity index (χ2n) is 16.5. The van der Waals surface area contributed by atoms with Gasteiger partial charge in [-0.2, -0.15) is 0 Å². The lowest BCUT2D eigenvalue weighted by atomic mass is 9.98. The minimum absolute atomic E-state index is 0.108. The SMILES string of the molecule is COC(=O)N[C@H](C(=O)N1CCC[C@H]1c1nc2ccc(-c3ccc(-c4ccc5c(ccc6[nH]c([C@@H]7CCCN7C(=O)[C@@H](NC(=O)OC)C(C)C)nc65)c4)cc3)cc2[nH]1)C(C)C. The molecule has 0 spiro atoms. The Morgan fingerprint density at radius 1 is 0.633 bits per heavy atom. The number of imidazole rings is 2. The predicted octanol–water partition coefficient (Wildman–Crippen LogP) is 8.01. The topological polar surface area (TPSA) is 175 Å². The highest BCUT2D eigenvalue weighted by Crippen LogP contribution is 2.37. The Labute approximate surface area is 348 Å². The minimum Gasteiger partial charge on any atom is -0.453 e. The highest BCUT2D eigenvalue weighted by Gasteiger charge is 2.39. The third kappa shape index (κ3) is 7.73. The number of alkyl carbamates (subject to hydrolysis) is 2. The van der Waals surface area contributed by atoms with Crippen molar-refractivity contribution in [3.05, 3.63) is 84.4 Å². The summed E-state index contributed by atoms with van der Waals surface area (Å²) in [7, 11) is 2.59. The summed E-state index contributed by atoms with van der Waals surface area (Å²) in [6.07, 6.45) is 2.01. The summed E-state index contributed by atoms with van der Waals surface area (Å²) in [4.78, 5) is 72.0. The highest BCUT2D eigenvalue weighted by molar-refractivity contribution is 6.05. The first-order chi connectivity index (χ1) is 28.9. The van der Waals surface area contributed by atoms with Gasteiger partial charge in [0.1, 0.15) is 23.7 Å². The third-order valence-electron chi connectivity index (χ3n) is 12.0. The number of methoxy groups -OCH3 is 2. The van der Waals surface area contributed by atoms with Gasteiger partial charge in [-0.1, -0.05) is 76.2 Å². The number of ether oxygens (including phenoxy) is 2. The number of fused-ring (bicyclic) bond motifs is 4. The van der Waals surface area contributed by atoms with E-state index in [2.05, 4.69) is 81.3 Å². The number of benzene rings is 4. The molecule has 312 valence electrons. The molecule has 2 aliphatic rings. The van der Waals surface area contributed by atoms with E-state index in [4.69, 9.17) is 19.4 Å². The molecule has 4 aromatic carbocycles. The normalized spacial score (nSPS) is 17.8. The van der Waals surface area contributed by atoms with E-state index in [9.17, 15) is 19.2 Å². The second-order valence-corrected chi connectivity index (χ2v) is 16.5. The van der Waals surface area contributed by atoms with Crippen molar-refractivity contribution in [2.24, 2.45) is 11.8 Å². The van der Waals surface area contributed by atoms with E-state index in [1.54, 1.807) is 0 Å². The van der Waals surface area contributed by atoms with E-state index < -0.39 is 24.3 Å². The molecular weight excluding hydrogens is 761 g/mol. The number of nitrogens with zero attached hydrogens (tertiary/aromatic N) is 4. The quantitative estimate of drug-likeness (QED) is 0.108. The number of nitrogens with one attached hydrogen (secondary N) is 4. The molecule has 14 heteroatoms. The molecular formula is C46H52N8O6. The summed E-state index contributed by atoms with van der Waals surface area (Å²) in [6.45, 7) is 8.82. The average Bonchev–Trinajstić information content (AvgIpc) is 4.09. The fourth-order valence-corrected chi connectivity index (χ4v) is 8.77. The summed E-state index contributed by atoms with van der Waals surface area (Å²) < 4.78 is 9.57. The van der Waals surface area contributed by atoms with Gasteiger partial charge in [0.05, 0.1) is 48.4 Å². The summed E-state index contributed by atoms with van der Waals surface area (Å²) in [5, 5.41) is 7.51. The maximum absolute atomic E-state index is 13.7. The standard InChI is InChI=1S/C46H52N8O6/c1-25(2)38(51-45(57)59-5)43(55)53-21-7-9-36(53)41-47-33-19-16-30(24-35(33)49-41)28-13-11-27(12-14-28)29-15-18-32-31(23-29)17-20-34-40(32)50-42(48-34)37-10-8-22-54(37)44(56)39(26(3)4)52-46(58)60-6/h11-20,23-26,36-39H,7-10,21-22H2,1-6H3,(H,47,49)(H,48,50)(H,51,57)(H,52,58)/t36-,37-,38-,39-/m0/s1. The van der Waals surface area contributed by atoms with Crippen LogP contribution in [0.1, 0.15) is 77.1 Å². The number of rotatable bonds is 10. The fourth-order valence-electron chi connectivity index (χ4n) is 8.77. The zero-order chi connectivity index (χ0) is 42.2. The van der Waals surface area contributed by atoms with Crippen molar-refractivity contribution in [2.75, 3.05) is 27.3 Å². The lowest BCUT2D eigenvalue weighted by Crippen LogP contribution is -2.51. The summed E-state index contributed by atoms with van der Waals surface area (Å²) in [5.74, 6) is 0.995. The van der Waals surface area contributed by atoms with Crippen LogP contribution in [-0.4, -0.2) is 93.1 Å². The van der Waals surface area contributed by atoms with Crippen LogP contribution in [0.5, 0.6) is 0 Å². The van der Waals surface area contributed by atoms with Crippen LogP contribution in [-0.2, 0) is 19.1 Å². The van der Waals surface area contributed by atoms with Crippen LogP contribution in [0, 0.1) is 11.8 Å². The van der Waals surface area contributed by atoms with E-state index >= 15 is 0 Å². The number of aromatic nitrogens is 4. The Balaban J connectivity index is 0.990. The number of carbonyl (C=O) groups excluding carboxylic acids is 4. The first kappa shape index (κ1) is 40.3. The largest absolute Gasteiger partial charge is 0.453 e. The van der Waals surface area contributed by atoms with Crippen molar-refractivity contribution in [1.29, 1.82) is 0 Å². The van der Waals surface area contributed by atoms with Gasteiger partial charge in [-0.25, -0.2) is 19.6 Å². The molecule has 4 N–H and O–H groups in total. The highest BCUT2D eigenvalue weighted by atomic mass is 16.5. The monoisotopic (exact) mass is 812 g/mol. The third-order valence-corrected chi connectivity index (χ3v) is 12.0. The molecule has 0 aliphatic carbocycles. The van der Waals surface area contributed by atoms with E-state index in [1.807, 2.05) is 49.6 Å². The lowest BCUT2D eigenvalue weighted by molar-refractivity contribution is -0.136. The number of hydrogen-bond acceptors (Lipinski definition) is 8. The lowest BCUT2D eigenvalue weighted by Gasteiger charge is -2.29. The molecule has 14 nitrogen and oxygen atoms in total. The maximum atomic E-state index is 13.7. The Bertz CT molecular complexity index is 2580. The number of likely N-dealkylation sites (tertiary alicyclic amines) is 2. The van der Waals surface area contributed by atoms with Crippen LogP contribution in [0.25, 0.3) is 55.1 Å². The van der Waals surface area contributed by atoms with Crippen LogP contribution >= 0.6 is 0 Å². The van der Waals surface area contributed by atoms with E-state index in [0.29, 0.717) is 13.1 Å². The maximum Gasteiger partial charge on any atom is 0.407 e. The first-order valence-electron chi connectivity index (χ1n) is 20.8. The predicted molar refractivity (Wildman–Crippen MR) is 230 cm³/mol. The summed E-state index contributed by atoms with van der Waals surface area (Å²) in [6, 6.07) is 23.4. The molecule has 60 heavy (non-hydrogen) atoms.